The molecule has 0 aliphatic rings. The van der Waals surface area contributed by atoms with Crippen molar-refractivity contribution in [3.8, 4) is 0 Å². The van der Waals surface area contributed by atoms with Gasteiger partial charge >= 0.3 is 0 Å². The molecule has 0 saturated carbocycles. The number of hydrogen-bond acceptors (Lipinski definition) is 4. The minimum Gasteiger partial charge on any atom is -0.356 e. The number of nitrogens with zero attached hydrogens (tertiary/aromatic N) is 1. The van der Waals surface area contributed by atoms with Crippen LogP contribution in [-0.4, -0.2) is 41.1 Å². The average Bonchev–Trinajstić information content (AvgIpc) is 3.05. The van der Waals surface area contributed by atoms with Crippen molar-refractivity contribution in [1.82, 2.24) is 15.4 Å². The van der Waals surface area contributed by atoms with Gasteiger partial charge in [-0.05, 0) is 24.1 Å². The fourth-order valence-electron chi connectivity index (χ4n) is 2.07. The molecule has 1 heterocycles. The third-order valence-electron chi connectivity index (χ3n) is 3.30. The zero-order chi connectivity index (χ0) is 18.1. The normalized spacial score (nSPS) is 12.2. The zero-order valence-corrected chi connectivity index (χ0v) is 16.2. The summed E-state index contributed by atoms with van der Waals surface area (Å²) in [6, 6.07) is 13.2. The summed E-state index contributed by atoms with van der Waals surface area (Å²) < 4.78 is 27.3. The SMILES string of the molecule is CN=C(NCCNS(=O)(=O)c1ccc(Cl)s1)NCCc1ccccc1. The van der Waals surface area contributed by atoms with Crippen molar-refractivity contribution in [2.75, 3.05) is 26.7 Å². The summed E-state index contributed by atoms with van der Waals surface area (Å²) in [7, 11) is -1.84. The Bertz CT molecular complexity index is 791. The monoisotopic (exact) mass is 400 g/mol. The average molecular weight is 401 g/mol. The van der Waals surface area contributed by atoms with Gasteiger partial charge in [0.1, 0.15) is 4.21 Å². The highest BCUT2D eigenvalue weighted by atomic mass is 35.5. The molecule has 0 amide bonds. The standard InChI is InChI=1S/C16H21ClN4O2S2/c1-18-16(19-10-9-13-5-3-2-4-6-13)20-11-12-21-25(22,23)15-8-7-14(17)24-15/h2-8,21H,9-12H2,1H3,(H2,18,19,20). The van der Waals surface area contributed by atoms with Crippen molar-refractivity contribution in [3.63, 3.8) is 0 Å². The number of thiophene rings is 1. The Morgan fingerprint density at radius 1 is 1.08 bits per heavy atom. The van der Waals surface area contributed by atoms with E-state index in [0.717, 1.165) is 24.3 Å². The molecule has 2 rings (SSSR count). The van der Waals surface area contributed by atoms with Crippen molar-refractivity contribution in [3.05, 3.63) is 52.4 Å². The first-order chi connectivity index (χ1) is 12.0. The van der Waals surface area contributed by atoms with Crippen molar-refractivity contribution in [2.45, 2.75) is 10.6 Å². The number of sulfonamides is 1. The molecule has 9 heteroatoms. The lowest BCUT2D eigenvalue weighted by atomic mass is 10.1. The fraction of sp³-hybridized carbons (Fsp3) is 0.312. The number of aliphatic imine (C=N–C) groups is 1. The van der Waals surface area contributed by atoms with E-state index >= 15 is 0 Å². The molecule has 0 saturated heterocycles. The molecule has 0 fully saturated rings. The number of hydrogen-bond donors (Lipinski definition) is 3. The van der Waals surface area contributed by atoms with Gasteiger partial charge in [-0.15, -0.1) is 11.3 Å². The van der Waals surface area contributed by atoms with Gasteiger partial charge in [-0.2, -0.15) is 0 Å². The first kappa shape index (κ1) is 19.7. The number of halogens is 1. The van der Waals surface area contributed by atoms with E-state index in [4.69, 9.17) is 11.6 Å². The lowest BCUT2D eigenvalue weighted by Gasteiger charge is -2.12. The second kappa shape index (κ2) is 9.76. The Balaban J connectivity index is 1.69. The zero-order valence-electron chi connectivity index (χ0n) is 13.8. The van der Waals surface area contributed by atoms with Crippen LogP contribution in [0.2, 0.25) is 4.34 Å². The van der Waals surface area contributed by atoms with Gasteiger partial charge in [0.05, 0.1) is 4.34 Å². The van der Waals surface area contributed by atoms with Gasteiger partial charge in [-0.1, -0.05) is 41.9 Å². The molecule has 0 unspecified atom stereocenters. The Hall–Kier alpha value is -1.61. The minimum absolute atomic E-state index is 0.211. The summed E-state index contributed by atoms with van der Waals surface area (Å²) in [6.45, 7) is 1.41. The van der Waals surface area contributed by atoms with Crippen LogP contribution in [0.4, 0.5) is 0 Å². The molecule has 0 spiro atoms. The third kappa shape index (κ3) is 6.66. The van der Waals surface area contributed by atoms with E-state index in [1.807, 2.05) is 18.2 Å². The number of rotatable bonds is 8. The van der Waals surface area contributed by atoms with Crippen LogP contribution in [0.3, 0.4) is 0 Å². The van der Waals surface area contributed by atoms with Crippen LogP contribution >= 0.6 is 22.9 Å². The summed E-state index contributed by atoms with van der Waals surface area (Å²) in [4.78, 5) is 4.12. The van der Waals surface area contributed by atoms with Gasteiger partial charge in [0, 0.05) is 26.7 Å². The van der Waals surface area contributed by atoms with E-state index in [1.165, 1.54) is 11.6 Å². The lowest BCUT2D eigenvalue weighted by Crippen LogP contribution is -2.42. The van der Waals surface area contributed by atoms with Crippen LogP contribution in [0, 0.1) is 0 Å². The molecule has 0 radical (unpaired) electrons. The van der Waals surface area contributed by atoms with Crippen molar-refractivity contribution >= 4 is 38.9 Å². The predicted octanol–water partition coefficient (Wildman–Crippen LogP) is 2.09. The van der Waals surface area contributed by atoms with Crippen LogP contribution < -0.4 is 15.4 Å². The van der Waals surface area contributed by atoms with E-state index in [0.29, 0.717) is 16.8 Å². The molecule has 0 aliphatic heterocycles. The highest BCUT2D eigenvalue weighted by Gasteiger charge is 2.15. The number of guanidine groups is 1. The second-order valence-corrected chi connectivity index (χ2v) is 8.83. The van der Waals surface area contributed by atoms with Crippen LogP contribution in [-0.2, 0) is 16.4 Å². The van der Waals surface area contributed by atoms with E-state index in [2.05, 4.69) is 32.5 Å². The molecule has 136 valence electrons. The molecule has 25 heavy (non-hydrogen) atoms. The summed E-state index contributed by atoms with van der Waals surface area (Å²) >= 11 is 6.80. The summed E-state index contributed by atoms with van der Waals surface area (Å²) in [6.07, 6.45) is 0.882. The summed E-state index contributed by atoms with van der Waals surface area (Å²) in [5.74, 6) is 0.634. The van der Waals surface area contributed by atoms with Gasteiger partial charge in [0.2, 0.25) is 10.0 Å². The van der Waals surface area contributed by atoms with Crippen molar-refractivity contribution < 1.29 is 8.42 Å². The summed E-state index contributed by atoms with van der Waals surface area (Å²) in [5, 5.41) is 6.27. The predicted molar refractivity (Wildman–Crippen MR) is 104 cm³/mol. The molecule has 6 nitrogen and oxygen atoms in total. The lowest BCUT2D eigenvalue weighted by molar-refractivity contribution is 0.582. The highest BCUT2D eigenvalue weighted by molar-refractivity contribution is 7.91. The Labute approximate surface area is 157 Å². The first-order valence-corrected chi connectivity index (χ1v) is 10.4. The molecule has 0 bridgehead atoms. The molecular weight excluding hydrogens is 380 g/mol. The highest BCUT2D eigenvalue weighted by Crippen LogP contribution is 2.25. The second-order valence-electron chi connectivity index (χ2n) is 5.12. The van der Waals surface area contributed by atoms with Gasteiger partial charge in [-0.25, -0.2) is 13.1 Å². The van der Waals surface area contributed by atoms with Gasteiger partial charge in [0.25, 0.3) is 0 Å². The Morgan fingerprint density at radius 2 is 1.80 bits per heavy atom. The van der Waals surface area contributed by atoms with E-state index in [-0.39, 0.29) is 10.8 Å². The Kier molecular flexibility index (Phi) is 7.70. The molecule has 1 aromatic heterocycles. The maximum Gasteiger partial charge on any atom is 0.250 e. The quantitative estimate of drug-likeness (QED) is 0.360. The summed E-state index contributed by atoms with van der Waals surface area (Å²) in [5.41, 5.74) is 1.24. The fourth-order valence-corrected chi connectivity index (χ4v) is 4.63. The molecular formula is C16H21ClN4O2S2. The van der Waals surface area contributed by atoms with Crippen LogP contribution in [0.15, 0.2) is 51.7 Å². The smallest absolute Gasteiger partial charge is 0.250 e. The first-order valence-electron chi connectivity index (χ1n) is 7.75. The van der Waals surface area contributed by atoms with Gasteiger partial charge < -0.3 is 10.6 Å². The van der Waals surface area contributed by atoms with Crippen LogP contribution in [0.5, 0.6) is 0 Å². The van der Waals surface area contributed by atoms with Gasteiger partial charge in [-0.3, -0.25) is 4.99 Å². The molecule has 1 aromatic carbocycles. The minimum atomic E-state index is -3.51. The number of nitrogens with one attached hydrogen (secondary N) is 3. The maximum absolute atomic E-state index is 12.1. The van der Waals surface area contributed by atoms with E-state index < -0.39 is 10.0 Å². The van der Waals surface area contributed by atoms with Crippen molar-refractivity contribution in [1.29, 1.82) is 0 Å². The molecule has 0 atom stereocenters. The van der Waals surface area contributed by atoms with E-state index in [1.54, 1.807) is 13.1 Å². The number of benzene rings is 1. The third-order valence-corrected chi connectivity index (χ3v) is 6.48. The molecule has 0 aliphatic carbocycles. The Morgan fingerprint density at radius 3 is 2.44 bits per heavy atom. The van der Waals surface area contributed by atoms with Crippen LogP contribution in [0.25, 0.3) is 0 Å². The van der Waals surface area contributed by atoms with Crippen LogP contribution in [0.1, 0.15) is 5.56 Å². The van der Waals surface area contributed by atoms with Crippen molar-refractivity contribution in [2.24, 2.45) is 4.99 Å². The van der Waals surface area contributed by atoms with Gasteiger partial charge in [0.15, 0.2) is 5.96 Å². The van der Waals surface area contributed by atoms with E-state index in [9.17, 15) is 8.42 Å². The maximum atomic E-state index is 12.1. The molecule has 3 N–H and O–H groups in total. The largest absolute Gasteiger partial charge is 0.356 e. The topological polar surface area (TPSA) is 82.6 Å². The molecule has 2 aromatic rings.